The molecule has 2 aromatic carbocycles. The molecule has 0 amide bonds. The van der Waals surface area contributed by atoms with Crippen molar-refractivity contribution in [2.24, 2.45) is 0 Å². The molecule has 3 rings (SSSR count). The molecule has 0 aliphatic heterocycles. The first kappa shape index (κ1) is 21.5. The minimum absolute atomic E-state index is 0.0601. The number of rotatable bonds is 4. The number of benzene rings is 2. The molecule has 2 aromatic rings. The summed E-state index contributed by atoms with van der Waals surface area (Å²) >= 11 is 0. The Labute approximate surface area is 166 Å². The summed E-state index contributed by atoms with van der Waals surface area (Å²) in [6, 6.07) is 5.49. The fourth-order valence-electron chi connectivity index (χ4n) is 3.70. The molecule has 0 saturated heterocycles. The van der Waals surface area contributed by atoms with E-state index in [2.05, 4.69) is 0 Å². The van der Waals surface area contributed by atoms with Crippen LogP contribution >= 0.6 is 0 Å². The van der Waals surface area contributed by atoms with Crippen LogP contribution in [0, 0.1) is 6.42 Å². The molecule has 0 bridgehead atoms. The van der Waals surface area contributed by atoms with E-state index in [0.29, 0.717) is 11.1 Å². The Kier molecular flexibility index (Phi) is 5.58. The van der Waals surface area contributed by atoms with Crippen molar-refractivity contribution in [3.8, 4) is 11.1 Å². The lowest BCUT2D eigenvalue weighted by Crippen LogP contribution is -2.11. The zero-order valence-corrected chi connectivity index (χ0v) is 16.3. The first-order chi connectivity index (χ1) is 13.4. The van der Waals surface area contributed by atoms with Crippen molar-refractivity contribution in [2.75, 3.05) is 0 Å². The second-order valence-corrected chi connectivity index (χ2v) is 7.60. The highest BCUT2D eigenvalue weighted by Crippen LogP contribution is 2.44. The molecule has 1 radical (unpaired) electrons. The standard InChI is InChI=1S/C23H21F6/c1-4-5-14-8-15-6-7-19(13(2)3)21(20(15)9-14)16-10-17(22(24,25)26)12-18(11-16)23(27,28)29/h6-13H,4-5H2,1-3H3. The highest BCUT2D eigenvalue weighted by molar-refractivity contribution is 5.86. The van der Waals surface area contributed by atoms with Crippen molar-refractivity contribution in [2.45, 2.75) is 51.9 Å². The normalized spacial score (nSPS) is 14.3. The van der Waals surface area contributed by atoms with Crippen molar-refractivity contribution in [1.29, 1.82) is 0 Å². The van der Waals surface area contributed by atoms with E-state index in [0.717, 1.165) is 41.7 Å². The Balaban J connectivity index is 2.32. The molecule has 0 atom stereocenters. The average Bonchev–Trinajstić information content (AvgIpc) is 3.01. The minimum Gasteiger partial charge on any atom is -0.166 e. The van der Waals surface area contributed by atoms with Crippen LogP contribution in [0.25, 0.3) is 17.2 Å². The van der Waals surface area contributed by atoms with Crippen LogP contribution in [0.5, 0.6) is 0 Å². The summed E-state index contributed by atoms with van der Waals surface area (Å²) in [5.41, 5.74) is 1.03. The van der Waals surface area contributed by atoms with Gasteiger partial charge in [-0.25, -0.2) is 0 Å². The molecule has 0 N–H and O–H groups in total. The zero-order valence-electron chi connectivity index (χ0n) is 16.3. The predicted molar refractivity (Wildman–Crippen MR) is 102 cm³/mol. The van der Waals surface area contributed by atoms with E-state index in [1.807, 2.05) is 39.3 Å². The van der Waals surface area contributed by atoms with E-state index in [4.69, 9.17) is 0 Å². The molecular weight excluding hydrogens is 390 g/mol. The molecule has 6 heteroatoms. The van der Waals surface area contributed by atoms with Crippen LogP contribution < -0.4 is 0 Å². The molecule has 0 aromatic heterocycles. The summed E-state index contributed by atoms with van der Waals surface area (Å²) in [7, 11) is 0. The molecule has 0 nitrogen and oxygen atoms in total. The van der Waals surface area contributed by atoms with Crippen LogP contribution in [-0.4, -0.2) is 0 Å². The molecule has 0 unspecified atom stereocenters. The van der Waals surface area contributed by atoms with Gasteiger partial charge in [-0.1, -0.05) is 51.0 Å². The van der Waals surface area contributed by atoms with Crippen LogP contribution in [0.15, 0.2) is 35.9 Å². The first-order valence-corrected chi connectivity index (χ1v) is 9.44. The summed E-state index contributed by atoms with van der Waals surface area (Å²) in [6.07, 6.45) is -4.23. The molecular formula is C23H21F6. The predicted octanol–water partition coefficient (Wildman–Crippen LogP) is 8.26. The van der Waals surface area contributed by atoms with Gasteiger partial charge in [0, 0.05) is 6.42 Å². The number of hydrogen-bond donors (Lipinski definition) is 0. The Hall–Kier alpha value is -2.24. The van der Waals surface area contributed by atoms with Gasteiger partial charge < -0.3 is 0 Å². The Morgan fingerprint density at radius 2 is 1.45 bits per heavy atom. The van der Waals surface area contributed by atoms with E-state index < -0.39 is 23.5 Å². The fraction of sp³-hybridized carbons (Fsp3) is 0.348. The monoisotopic (exact) mass is 411 g/mol. The third-order valence-corrected chi connectivity index (χ3v) is 5.02. The van der Waals surface area contributed by atoms with Crippen LogP contribution in [0.3, 0.4) is 0 Å². The van der Waals surface area contributed by atoms with E-state index in [-0.39, 0.29) is 17.5 Å². The average molecular weight is 411 g/mol. The summed E-state index contributed by atoms with van der Waals surface area (Å²) in [5, 5.41) is 0. The largest absolute Gasteiger partial charge is 0.416 e. The van der Waals surface area contributed by atoms with Crippen molar-refractivity contribution >= 4 is 6.08 Å². The topological polar surface area (TPSA) is 0 Å². The maximum atomic E-state index is 13.4. The maximum Gasteiger partial charge on any atom is 0.416 e. The molecule has 29 heavy (non-hydrogen) atoms. The lowest BCUT2D eigenvalue weighted by molar-refractivity contribution is -0.143. The Morgan fingerprint density at radius 3 is 1.93 bits per heavy atom. The number of allylic oxidation sites excluding steroid dienone is 1. The summed E-state index contributed by atoms with van der Waals surface area (Å²) in [6.45, 7) is 5.76. The fourth-order valence-corrected chi connectivity index (χ4v) is 3.70. The molecule has 0 fully saturated rings. The van der Waals surface area contributed by atoms with Crippen molar-refractivity contribution < 1.29 is 26.3 Å². The maximum absolute atomic E-state index is 13.4. The summed E-state index contributed by atoms with van der Waals surface area (Å²) in [5.74, 6) is -0.0668. The minimum atomic E-state index is -4.87. The van der Waals surface area contributed by atoms with Gasteiger partial charge in [-0.15, -0.1) is 0 Å². The van der Waals surface area contributed by atoms with E-state index in [1.165, 1.54) is 0 Å². The number of halogens is 6. The number of hydrogen-bond acceptors (Lipinski definition) is 0. The molecule has 1 aliphatic rings. The van der Waals surface area contributed by atoms with Gasteiger partial charge in [0.15, 0.2) is 0 Å². The molecule has 1 aliphatic carbocycles. The van der Waals surface area contributed by atoms with Crippen molar-refractivity contribution in [3.05, 3.63) is 70.1 Å². The number of alkyl halides is 6. The van der Waals surface area contributed by atoms with Gasteiger partial charge in [-0.2, -0.15) is 26.3 Å². The molecule has 155 valence electrons. The van der Waals surface area contributed by atoms with Crippen LogP contribution in [-0.2, 0) is 12.4 Å². The molecule has 0 saturated carbocycles. The quantitative estimate of drug-likeness (QED) is 0.444. The van der Waals surface area contributed by atoms with Crippen LogP contribution in [0.2, 0.25) is 0 Å². The Bertz CT molecular complexity index is 913. The lowest BCUT2D eigenvalue weighted by Gasteiger charge is -2.20. The van der Waals surface area contributed by atoms with Crippen LogP contribution in [0.1, 0.15) is 67.3 Å². The van der Waals surface area contributed by atoms with Crippen molar-refractivity contribution in [3.63, 3.8) is 0 Å². The van der Waals surface area contributed by atoms with Crippen LogP contribution in [0.4, 0.5) is 26.3 Å². The van der Waals surface area contributed by atoms with E-state index >= 15 is 0 Å². The second-order valence-electron chi connectivity index (χ2n) is 7.60. The van der Waals surface area contributed by atoms with Gasteiger partial charge in [-0.05, 0) is 58.4 Å². The van der Waals surface area contributed by atoms with Gasteiger partial charge in [0.25, 0.3) is 0 Å². The Morgan fingerprint density at radius 1 is 0.862 bits per heavy atom. The van der Waals surface area contributed by atoms with Gasteiger partial charge in [0.2, 0.25) is 0 Å². The van der Waals surface area contributed by atoms with Gasteiger partial charge in [0.1, 0.15) is 0 Å². The smallest absolute Gasteiger partial charge is 0.166 e. The van der Waals surface area contributed by atoms with E-state index in [9.17, 15) is 26.3 Å². The number of fused-ring (bicyclic) bond motifs is 1. The van der Waals surface area contributed by atoms with Gasteiger partial charge in [0.05, 0.1) is 11.1 Å². The summed E-state index contributed by atoms with van der Waals surface area (Å²) in [4.78, 5) is 0. The first-order valence-electron chi connectivity index (χ1n) is 9.44. The van der Waals surface area contributed by atoms with E-state index in [1.54, 1.807) is 6.07 Å². The third kappa shape index (κ3) is 4.36. The zero-order chi connectivity index (χ0) is 21.6. The highest BCUT2D eigenvalue weighted by atomic mass is 19.4. The summed E-state index contributed by atoms with van der Waals surface area (Å²) < 4.78 is 80.2. The highest BCUT2D eigenvalue weighted by Gasteiger charge is 2.37. The molecule has 0 heterocycles. The molecule has 0 spiro atoms. The van der Waals surface area contributed by atoms with Gasteiger partial charge >= 0.3 is 12.4 Å². The van der Waals surface area contributed by atoms with Gasteiger partial charge in [-0.3, -0.25) is 0 Å². The SMILES string of the molecule is CCCC1=Cc2c(ccc(C(C)C)c2-c2cc(C(F)(F)F)cc(C(F)(F)F)c2)[CH]1. The third-order valence-electron chi connectivity index (χ3n) is 5.02. The second kappa shape index (κ2) is 7.54. The lowest BCUT2D eigenvalue weighted by atomic mass is 9.86. The van der Waals surface area contributed by atoms with Crippen molar-refractivity contribution in [1.82, 2.24) is 0 Å².